The lowest BCUT2D eigenvalue weighted by molar-refractivity contribution is -0.140. The number of nitrogens with one attached hydrogen (secondary N) is 1. The lowest BCUT2D eigenvalue weighted by atomic mass is 10.1. The van der Waals surface area contributed by atoms with E-state index in [2.05, 4.69) is 5.32 Å². The normalized spacial score (nSPS) is 11.9. The fourth-order valence-corrected chi connectivity index (χ4v) is 5.59. The summed E-state index contributed by atoms with van der Waals surface area (Å²) in [5.41, 5.74) is 3.15. The lowest BCUT2D eigenvalue weighted by Crippen LogP contribution is -2.51. The van der Waals surface area contributed by atoms with E-state index in [0.717, 1.165) is 21.0 Å². The number of nitrogens with zero attached hydrogens (tertiary/aromatic N) is 2. The van der Waals surface area contributed by atoms with Crippen LogP contribution in [0.5, 0.6) is 5.75 Å². The van der Waals surface area contributed by atoms with Crippen molar-refractivity contribution in [3.05, 3.63) is 89.5 Å². The molecule has 0 saturated carbocycles. The summed E-state index contributed by atoms with van der Waals surface area (Å²) in [5, 5.41) is 2.63. The van der Waals surface area contributed by atoms with Crippen molar-refractivity contribution in [1.82, 2.24) is 10.2 Å². The predicted molar refractivity (Wildman–Crippen MR) is 149 cm³/mol. The minimum atomic E-state index is -4.13. The largest absolute Gasteiger partial charge is 0.497 e. The van der Waals surface area contributed by atoms with Crippen molar-refractivity contribution < 1.29 is 22.7 Å². The first kappa shape index (κ1) is 28.7. The Morgan fingerprint density at radius 1 is 0.947 bits per heavy atom. The molecule has 0 aromatic heterocycles. The van der Waals surface area contributed by atoms with Gasteiger partial charge in [0.05, 0.1) is 17.7 Å². The number of rotatable bonds is 11. The average molecular weight is 538 g/mol. The minimum Gasteiger partial charge on any atom is -0.497 e. The van der Waals surface area contributed by atoms with Crippen LogP contribution in [0.15, 0.2) is 77.7 Å². The Labute approximate surface area is 225 Å². The molecule has 8 nitrogen and oxygen atoms in total. The fraction of sp³-hybridized carbons (Fsp3) is 0.310. The molecule has 0 spiro atoms. The Balaban J connectivity index is 2.06. The number of benzene rings is 3. The lowest BCUT2D eigenvalue weighted by Gasteiger charge is -2.33. The summed E-state index contributed by atoms with van der Waals surface area (Å²) in [6.07, 6.45) is 0.368. The summed E-state index contributed by atoms with van der Waals surface area (Å²) < 4.78 is 34.0. The van der Waals surface area contributed by atoms with E-state index in [1.54, 1.807) is 36.4 Å². The predicted octanol–water partition coefficient (Wildman–Crippen LogP) is 4.06. The zero-order chi connectivity index (χ0) is 27.9. The second-order valence-electron chi connectivity index (χ2n) is 9.01. The minimum absolute atomic E-state index is 0.0236. The van der Waals surface area contributed by atoms with Crippen LogP contribution in [-0.4, -0.2) is 51.9 Å². The monoisotopic (exact) mass is 537 g/mol. The molecule has 9 heteroatoms. The number of amides is 2. The summed E-state index contributed by atoms with van der Waals surface area (Å²) in [5.74, 6) is -0.279. The van der Waals surface area contributed by atoms with E-state index in [0.29, 0.717) is 17.9 Å². The Kier molecular flexibility index (Phi) is 9.52. The topological polar surface area (TPSA) is 96.0 Å². The molecule has 0 aliphatic heterocycles. The average Bonchev–Trinajstić information content (AvgIpc) is 2.92. The van der Waals surface area contributed by atoms with Gasteiger partial charge >= 0.3 is 0 Å². The van der Waals surface area contributed by atoms with Gasteiger partial charge in [0.25, 0.3) is 10.0 Å². The van der Waals surface area contributed by atoms with E-state index in [-0.39, 0.29) is 17.3 Å². The van der Waals surface area contributed by atoms with E-state index in [1.165, 1.54) is 31.2 Å². The number of methoxy groups -OCH3 is 1. The Bertz CT molecular complexity index is 1360. The van der Waals surface area contributed by atoms with Gasteiger partial charge in [0.15, 0.2) is 0 Å². The van der Waals surface area contributed by atoms with Gasteiger partial charge in [-0.2, -0.15) is 0 Å². The van der Waals surface area contributed by atoms with Gasteiger partial charge in [-0.3, -0.25) is 13.9 Å². The quantitative estimate of drug-likeness (QED) is 0.398. The molecule has 0 heterocycles. The van der Waals surface area contributed by atoms with E-state index < -0.39 is 28.5 Å². The van der Waals surface area contributed by atoms with Gasteiger partial charge in [-0.05, 0) is 67.8 Å². The van der Waals surface area contributed by atoms with E-state index in [9.17, 15) is 18.0 Å². The maximum absolute atomic E-state index is 13.9. The number of carbonyl (C=O) groups excluding carboxylic acids is 2. The van der Waals surface area contributed by atoms with Gasteiger partial charge in [0, 0.05) is 13.6 Å². The van der Waals surface area contributed by atoms with Crippen LogP contribution < -0.4 is 14.4 Å². The highest BCUT2D eigenvalue weighted by Crippen LogP contribution is 2.26. The standard InChI is InChI=1S/C29H35N3O5S/c1-6-27(29(34)30-4)31(19-23-10-8-7-9-22(23)3)28(33)20-32(24-13-11-21(2)12-14-24)38(35,36)26-17-15-25(37-5)16-18-26/h7-18,27H,6,19-20H2,1-5H3,(H,30,34). The molecule has 0 aliphatic rings. The van der Waals surface area contributed by atoms with Crippen LogP contribution in [0.2, 0.25) is 0 Å². The van der Waals surface area contributed by atoms with Gasteiger partial charge in [-0.25, -0.2) is 8.42 Å². The molecular formula is C29H35N3O5S. The molecule has 0 saturated heterocycles. The molecule has 0 radical (unpaired) electrons. The molecule has 0 aliphatic carbocycles. The highest BCUT2D eigenvalue weighted by atomic mass is 32.2. The number of hydrogen-bond acceptors (Lipinski definition) is 5. The Morgan fingerprint density at radius 2 is 1.58 bits per heavy atom. The zero-order valence-electron chi connectivity index (χ0n) is 22.5. The number of aryl methyl sites for hydroxylation is 2. The van der Waals surface area contributed by atoms with Crippen LogP contribution >= 0.6 is 0 Å². The van der Waals surface area contributed by atoms with E-state index in [4.69, 9.17) is 4.74 Å². The summed E-state index contributed by atoms with van der Waals surface area (Å²) in [4.78, 5) is 28.2. The number of likely N-dealkylation sites (N-methyl/N-ethyl adjacent to an activating group) is 1. The molecule has 3 aromatic carbocycles. The van der Waals surface area contributed by atoms with Crippen LogP contribution in [0, 0.1) is 13.8 Å². The summed E-state index contributed by atoms with van der Waals surface area (Å²) in [7, 11) is -1.11. The van der Waals surface area contributed by atoms with Crippen molar-refractivity contribution >= 4 is 27.5 Å². The van der Waals surface area contributed by atoms with E-state index in [1.807, 2.05) is 45.0 Å². The third-order valence-corrected chi connectivity index (χ3v) is 8.27. The number of ether oxygens (including phenoxy) is 1. The van der Waals surface area contributed by atoms with Crippen LogP contribution in [-0.2, 0) is 26.2 Å². The maximum Gasteiger partial charge on any atom is 0.264 e. The third-order valence-electron chi connectivity index (χ3n) is 6.48. The highest BCUT2D eigenvalue weighted by Gasteiger charge is 2.33. The highest BCUT2D eigenvalue weighted by molar-refractivity contribution is 7.92. The first-order valence-electron chi connectivity index (χ1n) is 12.4. The summed E-state index contributed by atoms with van der Waals surface area (Å²) in [6.45, 7) is 5.35. The van der Waals surface area contributed by atoms with Crippen LogP contribution in [0.3, 0.4) is 0 Å². The van der Waals surface area contributed by atoms with Gasteiger partial charge in [-0.1, -0.05) is 48.9 Å². The molecule has 0 fully saturated rings. The molecule has 3 aromatic rings. The van der Waals surface area contributed by atoms with Crippen molar-refractivity contribution in [2.75, 3.05) is 25.0 Å². The number of hydrogen-bond donors (Lipinski definition) is 1. The molecule has 1 unspecified atom stereocenters. The van der Waals surface area contributed by atoms with Crippen molar-refractivity contribution in [3.8, 4) is 5.75 Å². The summed E-state index contributed by atoms with van der Waals surface area (Å²) >= 11 is 0. The third kappa shape index (κ3) is 6.52. The second-order valence-corrected chi connectivity index (χ2v) is 10.9. The van der Waals surface area contributed by atoms with Crippen LogP contribution in [0.25, 0.3) is 0 Å². The van der Waals surface area contributed by atoms with Crippen molar-refractivity contribution in [1.29, 1.82) is 0 Å². The number of sulfonamides is 1. The molecule has 1 atom stereocenters. The number of carbonyl (C=O) groups is 2. The van der Waals surface area contributed by atoms with Crippen molar-refractivity contribution in [2.24, 2.45) is 0 Å². The first-order valence-corrected chi connectivity index (χ1v) is 13.8. The van der Waals surface area contributed by atoms with E-state index >= 15 is 0 Å². The van der Waals surface area contributed by atoms with Gasteiger partial charge in [0.2, 0.25) is 11.8 Å². The zero-order valence-corrected chi connectivity index (χ0v) is 23.3. The van der Waals surface area contributed by atoms with Gasteiger partial charge < -0.3 is 15.0 Å². The molecule has 2 amide bonds. The number of anilines is 1. The first-order chi connectivity index (χ1) is 18.1. The fourth-order valence-electron chi connectivity index (χ4n) is 4.17. The van der Waals surface area contributed by atoms with Gasteiger partial charge in [-0.15, -0.1) is 0 Å². The SMILES string of the molecule is CCC(C(=O)NC)N(Cc1ccccc1C)C(=O)CN(c1ccc(C)cc1)S(=O)(=O)c1ccc(OC)cc1. The molecule has 1 N–H and O–H groups in total. The molecule has 0 bridgehead atoms. The van der Waals surface area contributed by atoms with Crippen LogP contribution in [0.4, 0.5) is 5.69 Å². The molecule has 38 heavy (non-hydrogen) atoms. The molecule has 3 rings (SSSR count). The maximum atomic E-state index is 13.9. The molecular weight excluding hydrogens is 502 g/mol. The van der Waals surface area contributed by atoms with Crippen LogP contribution in [0.1, 0.15) is 30.0 Å². The van der Waals surface area contributed by atoms with Crippen molar-refractivity contribution in [2.45, 2.75) is 44.7 Å². The van der Waals surface area contributed by atoms with Gasteiger partial charge in [0.1, 0.15) is 18.3 Å². The Morgan fingerprint density at radius 3 is 2.13 bits per heavy atom. The second kappa shape index (κ2) is 12.6. The smallest absolute Gasteiger partial charge is 0.264 e. The molecule has 202 valence electrons. The van der Waals surface area contributed by atoms with Crippen molar-refractivity contribution in [3.63, 3.8) is 0 Å². The summed E-state index contributed by atoms with van der Waals surface area (Å²) in [6, 6.07) is 19.8. The Hall–Kier alpha value is -3.85.